The molecule has 3 aromatic rings. The Morgan fingerprint density at radius 2 is 1.80 bits per heavy atom. The molecule has 0 saturated carbocycles. The second-order valence-electron chi connectivity index (χ2n) is 8.49. The van der Waals surface area contributed by atoms with E-state index >= 15 is 0 Å². The third-order valence-electron chi connectivity index (χ3n) is 6.18. The van der Waals surface area contributed by atoms with Crippen LogP contribution in [-0.2, 0) is 4.79 Å². The predicted octanol–water partition coefficient (Wildman–Crippen LogP) is 4.85. The first kappa shape index (κ1) is 25.0. The first-order chi connectivity index (χ1) is 16.8. The van der Waals surface area contributed by atoms with Crippen LogP contribution in [0.25, 0.3) is 0 Å². The number of ether oxygens (including phenoxy) is 1. The van der Waals surface area contributed by atoms with Gasteiger partial charge in [-0.2, -0.15) is 0 Å². The standard InChI is InChI=1S/C25H28N4O4S2/c1-15-16(2)35-25(26-15)28-23(32)20-14-34-24(27-20)18-10-12-29(13-11-18)22(31)9-8-21(30)17-4-6-19(33-3)7-5-17/h4-7,14,18H,8-13H2,1-3H3,(H,26,28,32). The van der Waals surface area contributed by atoms with Crippen LogP contribution in [0.3, 0.4) is 0 Å². The summed E-state index contributed by atoms with van der Waals surface area (Å²) in [5.74, 6) is 0.607. The van der Waals surface area contributed by atoms with Crippen molar-refractivity contribution in [2.24, 2.45) is 0 Å². The van der Waals surface area contributed by atoms with Gasteiger partial charge in [-0.15, -0.1) is 22.7 Å². The van der Waals surface area contributed by atoms with Crippen LogP contribution in [0.1, 0.15) is 68.0 Å². The molecule has 2 amide bonds. The number of carbonyl (C=O) groups excluding carboxylic acids is 3. The summed E-state index contributed by atoms with van der Waals surface area (Å²) < 4.78 is 5.11. The molecule has 2 aromatic heterocycles. The minimum absolute atomic E-state index is 0.00134. The first-order valence-corrected chi connectivity index (χ1v) is 13.2. The lowest BCUT2D eigenvalue weighted by atomic mass is 9.97. The Balaban J connectivity index is 1.24. The van der Waals surface area contributed by atoms with Gasteiger partial charge in [0.25, 0.3) is 5.91 Å². The van der Waals surface area contributed by atoms with Crippen LogP contribution in [-0.4, -0.2) is 52.7 Å². The maximum absolute atomic E-state index is 12.7. The smallest absolute Gasteiger partial charge is 0.276 e. The minimum Gasteiger partial charge on any atom is -0.497 e. The van der Waals surface area contributed by atoms with Crippen molar-refractivity contribution in [3.63, 3.8) is 0 Å². The van der Waals surface area contributed by atoms with Gasteiger partial charge in [-0.05, 0) is 51.0 Å². The SMILES string of the molecule is COc1ccc(C(=O)CCC(=O)N2CCC(c3nc(C(=O)Nc4nc(C)c(C)s4)cs3)CC2)cc1. The van der Waals surface area contributed by atoms with E-state index in [1.165, 1.54) is 22.7 Å². The van der Waals surface area contributed by atoms with Crippen LogP contribution in [0.5, 0.6) is 5.75 Å². The number of thiazole rings is 2. The van der Waals surface area contributed by atoms with Gasteiger partial charge in [0.1, 0.15) is 11.4 Å². The van der Waals surface area contributed by atoms with E-state index < -0.39 is 0 Å². The molecule has 0 aliphatic carbocycles. The Bertz CT molecular complexity index is 1190. The average molecular weight is 513 g/mol. The van der Waals surface area contributed by atoms with Gasteiger partial charge < -0.3 is 9.64 Å². The highest BCUT2D eigenvalue weighted by Gasteiger charge is 2.27. The third kappa shape index (κ3) is 6.12. The second kappa shape index (κ2) is 11.1. The number of anilines is 1. The van der Waals surface area contributed by atoms with Gasteiger partial charge in [0.15, 0.2) is 10.9 Å². The van der Waals surface area contributed by atoms with Crippen LogP contribution in [0.4, 0.5) is 5.13 Å². The molecule has 1 fully saturated rings. The summed E-state index contributed by atoms with van der Waals surface area (Å²) in [4.78, 5) is 49.4. The average Bonchev–Trinajstić information content (AvgIpc) is 3.49. The molecular weight excluding hydrogens is 484 g/mol. The molecule has 1 aliphatic rings. The van der Waals surface area contributed by atoms with E-state index in [4.69, 9.17) is 4.74 Å². The first-order valence-electron chi connectivity index (χ1n) is 11.5. The maximum atomic E-state index is 12.7. The lowest BCUT2D eigenvalue weighted by molar-refractivity contribution is -0.132. The fourth-order valence-electron chi connectivity index (χ4n) is 3.94. The molecule has 0 atom stereocenters. The van der Waals surface area contributed by atoms with E-state index in [9.17, 15) is 14.4 Å². The van der Waals surface area contributed by atoms with Crippen molar-refractivity contribution in [1.29, 1.82) is 0 Å². The Hall–Kier alpha value is -3.11. The fourth-order valence-corrected chi connectivity index (χ4v) is 5.72. The molecule has 1 N–H and O–H groups in total. The van der Waals surface area contributed by atoms with Gasteiger partial charge in [-0.3, -0.25) is 19.7 Å². The van der Waals surface area contributed by atoms with Crippen LogP contribution in [0.15, 0.2) is 29.6 Å². The second-order valence-corrected chi connectivity index (χ2v) is 10.6. The summed E-state index contributed by atoms with van der Waals surface area (Å²) in [6.45, 7) is 5.13. The van der Waals surface area contributed by atoms with E-state index in [-0.39, 0.29) is 36.4 Å². The summed E-state index contributed by atoms with van der Waals surface area (Å²) >= 11 is 2.93. The molecule has 0 bridgehead atoms. The van der Waals surface area contributed by atoms with Crippen molar-refractivity contribution in [3.8, 4) is 5.75 Å². The summed E-state index contributed by atoms with van der Waals surface area (Å²) in [6, 6.07) is 6.93. The molecule has 8 nitrogen and oxygen atoms in total. The number of ketones is 1. The van der Waals surface area contributed by atoms with E-state index in [0.29, 0.717) is 35.2 Å². The van der Waals surface area contributed by atoms with E-state index in [0.717, 1.165) is 28.4 Å². The number of hydrogen-bond acceptors (Lipinski definition) is 8. The maximum Gasteiger partial charge on any atom is 0.276 e. The zero-order chi connectivity index (χ0) is 24.9. The van der Waals surface area contributed by atoms with Gasteiger partial charge in [-0.25, -0.2) is 9.97 Å². The fraction of sp³-hybridized carbons (Fsp3) is 0.400. The normalized spacial score (nSPS) is 14.1. The molecular formula is C25H28N4O4S2. The number of amides is 2. The van der Waals surface area contributed by atoms with Crippen LogP contribution in [0.2, 0.25) is 0 Å². The molecule has 0 radical (unpaired) electrons. The molecule has 35 heavy (non-hydrogen) atoms. The number of hydrogen-bond donors (Lipinski definition) is 1. The summed E-state index contributed by atoms with van der Waals surface area (Å²) in [7, 11) is 1.58. The lowest BCUT2D eigenvalue weighted by Gasteiger charge is -2.31. The van der Waals surface area contributed by atoms with Crippen molar-refractivity contribution in [3.05, 3.63) is 56.5 Å². The number of rotatable bonds is 8. The van der Waals surface area contributed by atoms with Crippen molar-refractivity contribution < 1.29 is 19.1 Å². The van der Waals surface area contributed by atoms with E-state index in [2.05, 4.69) is 15.3 Å². The predicted molar refractivity (Wildman–Crippen MR) is 137 cm³/mol. The Morgan fingerprint density at radius 3 is 2.43 bits per heavy atom. The molecule has 0 spiro atoms. The topological polar surface area (TPSA) is 101 Å². The van der Waals surface area contributed by atoms with Gasteiger partial charge in [-0.1, -0.05) is 0 Å². The van der Waals surface area contributed by atoms with Gasteiger partial charge in [0.2, 0.25) is 5.91 Å². The van der Waals surface area contributed by atoms with E-state index in [1.807, 2.05) is 18.7 Å². The quantitative estimate of drug-likeness (QED) is 0.433. The molecule has 1 aliphatic heterocycles. The number of Topliss-reactive ketones (excluding diaryl/α,β-unsaturated/α-hetero) is 1. The number of benzene rings is 1. The molecule has 0 unspecified atom stereocenters. The number of aromatic nitrogens is 2. The summed E-state index contributed by atoms with van der Waals surface area (Å²) in [6.07, 6.45) is 1.97. The van der Waals surface area contributed by atoms with Gasteiger partial charge in [0, 0.05) is 47.7 Å². The number of piperidine rings is 1. The Morgan fingerprint density at radius 1 is 1.09 bits per heavy atom. The molecule has 10 heteroatoms. The van der Waals surface area contributed by atoms with Crippen LogP contribution >= 0.6 is 22.7 Å². The third-order valence-corrected chi connectivity index (χ3v) is 8.17. The van der Waals surface area contributed by atoms with Crippen molar-refractivity contribution in [1.82, 2.24) is 14.9 Å². The molecule has 1 aromatic carbocycles. The largest absolute Gasteiger partial charge is 0.497 e. The van der Waals surface area contributed by atoms with Crippen molar-refractivity contribution in [2.45, 2.75) is 45.4 Å². The number of carbonyl (C=O) groups is 3. The zero-order valence-electron chi connectivity index (χ0n) is 20.0. The highest BCUT2D eigenvalue weighted by molar-refractivity contribution is 7.15. The number of methoxy groups -OCH3 is 1. The molecule has 3 heterocycles. The lowest BCUT2D eigenvalue weighted by Crippen LogP contribution is -2.38. The van der Waals surface area contributed by atoms with E-state index in [1.54, 1.807) is 36.8 Å². The monoisotopic (exact) mass is 512 g/mol. The highest BCUT2D eigenvalue weighted by Crippen LogP contribution is 2.31. The summed E-state index contributed by atoms with van der Waals surface area (Å²) in [5, 5.41) is 6.10. The number of aryl methyl sites for hydroxylation is 2. The molecule has 184 valence electrons. The van der Waals surface area contributed by atoms with Crippen molar-refractivity contribution in [2.75, 3.05) is 25.5 Å². The van der Waals surface area contributed by atoms with Crippen LogP contribution < -0.4 is 10.1 Å². The minimum atomic E-state index is -0.254. The Kier molecular flexibility index (Phi) is 7.92. The summed E-state index contributed by atoms with van der Waals surface area (Å²) in [5.41, 5.74) is 1.89. The van der Waals surface area contributed by atoms with Gasteiger partial charge >= 0.3 is 0 Å². The van der Waals surface area contributed by atoms with Crippen molar-refractivity contribution >= 4 is 45.4 Å². The van der Waals surface area contributed by atoms with Crippen LogP contribution in [0, 0.1) is 13.8 Å². The highest BCUT2D eigenvalue weighted by atomic mass is 32.1. The molecule has 4 rings (SSSR count). The number of nitrogens with zero attached hydrogens (tertiary/aromatic N) is 3. The Labute approximate surface area is 212 Å². The number of likely N-dealkylation sites (tertiary alicyclic amines) is 1. The molecule has 1 saturated heterocycles. The van der Waals surface area contributed by atoms with Gasteiger partial charge in [0.05, 0.1) is 17.8 Å². The number of nitrogens with one attached hydrogen (secondary N) is 1. The zero-order valence-corrected chi connectivity index (χ0v) is 21.6.